The number of nitrogens with one attached hydrogen (secondary N) is 2. The van der Waals surface area contributed by atoms with Crippen LogP contribution in [-0.4, -0.2) is 16.1 Å². The molecule has 1 aliphatic carbocycles. The molecule has 1 saturated carbocycles. The van der Waals surface area contributed by atoms with Crippen LogP contribution < -0.4 is 10.6 Å². The second-order valence-corrected chi connectivity index (χ2v) is 10.8. The van der Waals surface area contributed by atoms with Gasteiger partial charge < -0.3 is 10.6 Å². The largest absolute Gasteiger partial charge is 0.416 e. The van der Waals surface area contributed by atoms with E-state index in [0.717, 1.165) is 12.1 Å². The van der Waals surface area contributed by atoms with Crippen LogP contribution in [0.1, 0.15) is 27.4 Å². The smallest absolute Gasteiger partial charge is 0.326 e. The first-order valence-corrected chi connectivity index (χ1v) is 12.1. The highest BCUT2D eigenvalue weighted by Crippen LogP contribution is 2.65. The SMILES string of the molecule is O=C(Nc1cccc(C(F)(F)F)c1)c1cc(NC(=O)[C@@H]2[C@@H](c3cc(Cl)cc(Cl)c3)C2(Cl)Cl)ccc1Cl. The maximum Gasteiger partial charge on any atom is 0.416 e. The van der Waals surface area contributed by atoms with Crippen molar-refractivity contribution >= 4 is 81.2 Å². The zero-order valence-electron chi connectivity index (χ0n) is 17.8. The van der Waals surface area contributed by atoms with Gasteiger partial charge in [0.05, 0.1) is 22.1 Å². The molecule has 0 aliphatic heterocycles. The number of carbonyl (C=O) groups is 2. The molecule has 4 rings (SSSR count). The molecule has 0 unspecified atom stereocenters. The number of benzene rings is 3. The van der Waals surface area contributed by atoms with E-state index in [1.807, 2.05) is 0 Å². The summed E-state index contributed by atoms with van der Waals surface area (Å²) < 4.78 is 37.5. The first-order chi connectivity index (χ1) is 16.8. The van der Waals surface area contributed by atoms with Gasteiger partial charge in [-0.15, -0.1) is 23.2 Å². The molecule has 0 saturated heterocycles. The fourth-order valence-corrected chi connectivity index (χ4v) is 5.37. The normalized spacial score (nSPS) is 18.4. The molecule has 0 spiro atoms. The Hall–Kier alpha value is -2.16. The molecule has 2 amide bonds. The van der Waals surface area contributed by atoms with Gasteiger partial charge in [0.2, 0.25) is 5.91 Å². The van der Waals surface area contributed by atoms with Crippen molar-refractivity contribution in [3.63, 3.8) is 0 Å². The van der Waals surface area contributed by atoms with Crippen molar-refractivity contribution in [2.24, 2.45) is 5.92 Å². The van der Waals surface area contributed by atoms with Crippen LogP contribution in [0.5, 0.6) is 0 Å². The van der Waals surface area contributed by atoms with Crippen molar-refractivity contribution in [2.45, 2.75) is 16.4 Å². The predicted molar refractivity (Wildman–Crippen MR) is 137 cm³/mol. The van der Waals surface area contributed by atoms with Gasteiger partial charge in [-0.05, 0) is 60.2 Å². The van der Waals surface area contributed by atoms with E-state index in [1.165, 1.54) is 36.4 Å². The summed E-state index contributed by atoms with van der Waals surface area (Å²) in [5, 5.41) is 5.77. The number of carbonyl (C=O) groups excluding carboxylic acids is 2. The molecule has 2 N–H and O–H groups in total. The molecule has 3 aromatic rings. The lowest BCUT2D eigenvalue weighted by molar-refractivity contribution is -0.137. The van der Waals surface area contributed by atoms with Gasteiger partial charge in [0.25, 0.3) is 5.91 Å². The molecular formula is C24H14Cl5F3N2O2. The molecule has 3 aromatic carbocycles. The summed E-state index contributed by atoms with van der Waals surface area (Å²) in [4.78, 5) is 25.7. The van der Waals surface area contributed by atoms with Crippen LogP contribution >= 0.6 is 58.0 Å². The number of hydrogen-bond donors (Lipinski definition) is 2. The molecule has 0 heterocycles. The minimum atomic E-state index is -4.57. The summed E-state index contributed by atoms with van der Waals surface area (Å²) in [5.74, 6) is -2.70. The summed E-state index contributed by atoms with van der Waals surface area (Å²) in [5.41, 5.74) is -0.260. The Labute approximate surface area is 228 Å². The summed E-state index contributed by atoms with van der Waals surface area (Å²) in [7, 11) is 0. The topological polar surface area (TPSA) is 58.2 Å². The summed E-state index contributed by atoms with van der Waals surface area (Å²) >= 11 is 31.0. The second kappa shape index (κ2) is 9.95. The van der Waals surface area contributed by atoms with Crippen molar-refractivity contribution in [2.75, 3.05) is 10.6 Å². The quantitative estimate of drug-likeness (QED) is 0.291. The third-order valence-corrected chi connectivity index (χ3v) is 7.21. The maximum atomic E-state index is 13.0. The van der Waals surface area contributed by atoms with Gasteiger partial charge in [0.15, 0.2) is 0 Å². The van der Waals surface area contributed by atoms with Crippen LogP contribution in [0, 0.1) is 5.92 Å². The van der Waals surface area contributed by atoms with Gasteiger partial charge in [-0.2, -0.15) is 13.2 Å². The summed E-state index contributed by atoms with van der Waals surface area (Å²) in [6.07, 6.45) is -4.57. The predicted octanol–water partition coefficient (Wildman–Crippen LogP) is 8.44. The molecule has 0 bridgehead atoms. The molecule has 4 nitrogen and oxygen atoms in total. The molecule has 1 fully saturated rings. The summed E-state index contributed by atoms with van der Waals surface area (Å²) in [6.45, 7) is 0. The fraction of sp³-hybridized carbons (Fsp3) is 0.167. The molecule has 1 aliphatic rings. The van der Waals surface area contributed by atoms with Gasteiger partial charge in [0.1, 0.15) is 4.33 Å². The summed E-state index contributed by atoms with van der Waals surface area (Å²) in [6, 6.07) is 13.0. The van der Waals surface area contributed by atoms with Gasteiger partial charge in [-0.1, -0.05) is 40.9 Å². The van der Waals surface area contributed by atoms with Crippen molar-refractivity contribution in [3.8, 4) is 0 Å². The van der Waals surface area contributed by atoms with E-state index in [0.29, 0.717) is 15.6 Å². The van der Waals surface area contributed by atoms with Crippen molar-refractivity contribution in [1.29, 1.82) is 0 Å². The van der Waals surface area contributed by atoms with Crippen LogP contribution in [0.2, 0.25) is 15.1 Å². The lowest BCUT2D eigenvalue weighted by Crippen LogP contribution is -2.18. The molecule has 12 heteroatoms. The van der Waals surface area contributed by atoms with E-state index in [-0.39, 0.29) is 22.0 Å². The zero-order valence-corrected chi connectivity index (χ0v) is 21.5. The second-order valence-electron chi connectivity index (χ2n) is 8.05. The number of alkyl halides is 5. The molecule has 0 aromatic heterocycles. The molecule has 188 valence electrons. The molecule has 2 atom stereocenters. The maximum absolute atomic E-state index is 13.0. The van der Waals surface area contributed by atoms with Crippen LogP contribution in [0.4, 0.5) is 24.5 Å². The molecule has 0 radical (unpaired) electrons. The Kier molecular flexibility index (Phi) is 7.43. The standard InChI is InChI=1S/C24H14Cl5F3N2O2/c25-13-6-11(7-14(26)9-13)19-20(23(19,28)29)22(36)34-16-4-5-18(27)17(10-16)21(35)33-15-3-1-2-12(8-15)24(30,31)32/h1-10,19-20H,(H,33,35)(H,34,36)/t19-,20+/m1/s1. The number of amides is 2. The lowest BCUT2D eigenvalue weighted by Gasteiger charge is -2.12. The zero-order chi connectivity index (χ0) is 26.4. The van der Waals surface area contributed by atoms with Crippen molar-refractivity contribution in [1.82, 2.24) is 0 Å². The van der Waals surface area contributed by atoms with Crippen LogP contribution in [0.3, 0.4) is 0 Å². The van der Waals surface area contributed by atoms with E-state index < -0.39 is 39.7 Å². The number of halogens is 8. The average Bonchev–Trinajstić information content (AvgIpc) is 3.36. The van der Waals surface area contributed by atoms with E-state index in [2.05, 4.69) is 10.6 Å². The molecular weight excluding hydrogens is 583 g/mol. The van der Waals surface area contributed by atoms with Crippen molar-refractivity contribution in [3.05, 3.63) is 92.4 Å². The lowest BCUT2D eigenvalue weighted by atomic mass is 10.1. The Bertz CT molecular complexity index is 1340. The van der Waals surface area contributed by atoms with Crippen LogP contribution in [0.15, 0.2) is 60.7 Å². The van der Waals surface area contributed by atoms with E-state index in [4.69, 9.17) is 58.0 Å². The van der Waals surface area contributed by atoms with E-state index in [1.54, 1.807) is 12.1 Å². The Balaban J connectivity index is 1.51. The van der Waals surface area contributed by atoms with E-state index in [9.17, 15) is 22.8 Å². The minimum Gasteiger partial charge on any atom is -0.326 e. The van der Waals surface area contributed by atoms with Gasteiger partial charge in [0, 0.05) is 27.3 Å². The van der Waals surface area contributed by atoms with E-state index >= 15 is 0 Å². The Morgan fingerprint density at radius 1 is 0.833 bits per heavy atom. The number of rotatable bonds is 5. The van der Waals surface area contributed by atoms with Crippen molar-refractivity contribution < 1.29 is 22.8 Å². The average molecular weight is 597 g/mol. The third kappa shape index (κ3) is 5.71. The van der Waals surface area contributed by atoms with Crippen LogP contribution in [-0.2, 0) is 11.0 Å². The first kappa shape index (κ1) is 26.9. The monoisotopic (exact) mass is 594 g/mol. The Morgan fingerprint density at radius 3 is 2.11 bits per heavy atom. The van der Waals surface area contributed by atoms with Gasteiger partial charge >= 0.3 is 6.18 Å². The Morgan fingerprint density at radius 2 is 1.47 bits per heavy atom. The molecule has 36 heavy (non-hydrogen) atoms. The minimum absolute atomic E-state index is 0.0272. The highest BCUT2D eigenvalue weighted by atomic mass is 35.5. The van der Waals surface area contributed by atoms with Gasteiger partial charge in [-0.3, -0.25) is 9.59 Å². The van der Waals surface area contributed by atoms with Crippen LogP contribution in [0.25, 0.3) is 0 Å². The first-order valence-electron chi connectivity index (χ1n) is 10.2. The number of hydrogen-bond acceptors (Lipinski definition) is 2. The highest BCUT2D eigenvalue weighted by Gasteiger charge is 2.67. The third-order valence-electron chi connectivity index (χ3n) is 5.51. The number of anilines is 2. The fourth-order valence-electron chi connectivity index (χ4n) is 3.79. The van der Waals surface area contributed by atoms with Gasteiger partial charge in [-0.25, -0.2) is 0 Å². The highest BCUT2D eigenvalue weighted by molar-refractivity contribution is 6.53.